The number of aromatic nitrogens is 2. The summed E-state index contributed by atoms with van der Waals surface area (Å²) in [6.45, 7) is 0.475. The van der Waals surface area contributed by atoms with Gasteiger partial charge in [0.15, 0.2) is 0 Å². The lowest BCUT2D eigenvalue weighted by molar-refractivity contribution is 0.252. The van der Waals surface area contributed by atoms with Gasteiger partial charge in [-0.1, -0.05) is 42.5 Å². The summed E-state index contributed by atoms with van der Waals surface area (Å²) >= 11 is 0. The fourth-order valence-electron chi connectivity index (χ4n) is 5.88. The first-order valence-electron chi connectivity index (χ1n) is 12.7. The largest absolute Gasteiger partial charge is 0.366 e. The Labute approximate surface area is 205 Å². The van der Waals surface area contributed by atoms with E-state index in [0.29, 0.717) is 18.6 Å². The van der Waals surface area contributed by atoms with E-state index in [0.717, 1.165) is 28.6 Å². The number of anilines is 2. The van der Waals surface area contributed by atoms with Gasteiger partial charge in [-0.15, -0.1) is 0 Å². The Morgan fingerprint density at radius 3 is 2.60 bits per heavy atom. The van der Waals surface area contributed by atoms with E-state index < -0.39 is 0 Å². The summed E-state index contributed by atoms with van der Waals surface area (Å²) < 4.78 is 0. The monoisotopic (exact) mass is 465 g/mol. The van der Waals surface area contributed by atoms with Crippen molar-refractivity contribution in [1.29, 1.82) is 0 Å². The van der Waals surface area contributed by atoms with Gasteiger partial charge in [-0.25, -0.2) is 4.79 Å². The Bertz CT molecular complexity index is 1320. The maximum atomic E-state index is 12.8. The molecule has 3 N–H and O–H groups in total. The van der Waals surface area contributed by atoms with Crippen molar-refractivity contribution in [2.75, 3.05) is 10.2 Å². The lowest BCUT2D eigenvalue weighted by Gasteiger charge is -2.37. The van der Waals surface area contributed by atoms with Gasteiger partial charge in [0.25, 0.3) is 0 Å². The minimum absolute atomic E-state index is 0.220. The number of benzene rings is 3. The Balaban J connectivity index is 1.22. The van der Waals surface area contributed by atoms with Crippen molar-refractivity contribution in [2.24, 2.45) is 0 Å². The number of urea groups is 1. The molecule has 6 nitrogen and oxygen atoms in total. The fourth-order valence-corrected chi connectivity index (χ4v) is 5.88. The van der Waals surface area contributed by atoms with Crippen LogP contribution < -0.4 is 15.5 Å². The smallest absolute Gasteiger partial charge is 0.319 e. The summed E-state index contributed by atoms with van der Waals surface area (Å²) in [4.78, 5) is 15.4. The van der Waals surface area contributed by atoms with Crippen molar-refractivity contribution < 1.29 is 4.79 Å². The Hall–Kier alpha value is -3.80. The second-order valence-corrected chi connectivity index (χ2v) is 9.78. The summed E-state index contributed by atoms with van der Waals surface area (Å²) in [6.07, 6.45) is 9.17. The number of carbonyl (C=O) groups is 1. The molecule has 3 aromatic carbocycles. The van der Waals surface area contributed by atoms with Gasteiger partial charge in [-0.3, -0.25) is 5.10 Å². The molecule has 2 saturated heterocycles. The number of amides is 2. The molecule has 4 aromatic rings. The van der Waals surface area contributed by atoms with Crippen molar-refractivity contribution in [1.82, 2.24) is 15.5 Å². The van der Waals surface area contributed by atoms with Crippen LogP contribution in [0.2, 0.25) is 0 Å². The van der Waals surface area contributed by atoms with Gasteiger partial charge < -0.3 is 15.5 Å². The number of H-pyrrole nitrogens is 1. The predicted molar refractivity (Wildman–Crippen MR) is 141 cm³/mol. The molecule has 3 heterocycles. The van der Waals surface area contributed by atoms with Crippen molar-refractivity contribution >= 4 is 28.3 Å². The van der Waals surface area contributed by atoms with E-state index in [4.69, 9.17) is 0 Å². The SMILES string of the molecule is O=C(NCc1ccc(N2[C@@H]3CCC[C@H]2CC3)cc1Cc1ccccc1)Nc1cccc2[nH]ncc12. The zero-order valence-corrected chi connectivity index (χ0v) is 19.8. The average molecular weight is 466 g/mol. The van der Waals surface area contributed by atoms with Gasteiger partial charge >= 0.3 is 6.03 Å². The Kier molecular flexibility index (Phi) is 5.86. The average Bonchev–Trinajstić information content (AvgIpc) is 3.46. The third-order valence-corrected chi connectivity index (χ3v) is 7.59. The van der Waals surface area contributed by atoms with Crippen LogP contribution in [0.15, 0.2) is 72.9 Å². The molecule has 0 spiro atoms. The highest BCUT2D eigenvalue weighted by molar-refractivity contribution is 6.00. The van der Waals surface area contributed by atoms with E-state index in [2.05, 4.69) is 74.3 Å². The molecule has 2 aliphatic rings. The first-order chi connectivity index (χ1) is 17.2. The number of piperidine rings is 1. The first kappa shape index (κ1) is 21.7. The lowest BCUT2D eigenvalue weighted by Crippen LogP contribution is -2.39. The van der Waals surface area contributed by atoms with Crippen LogP contribution in [0.5, 0.6) is 0 Å². The zero-order chi connectivity index (χ0) is 23.6. The summed E-state index contributed by atoms with van der Waals surface area (Å²) in [5, 5.41) is 14.0. The van der Waals surface area contributed by atoms with Gasteiger partial charge in [0.1, 0.15) is 0 Å². The highest BCUT2D eigenvalue weighted by Crippen LogP contribution is 2.40. The van der Waals surface area contributed by atoms with E-state index in [1.54, 1.807) is 6.20 Å². The highest BCUT2D eigenvalue weighted by atomic mass is 16.2. The number of rotatable bonds is 6. The van der Waals surface area contributed by atoms with Crippen molar-refractivity contribution in [3.63, 3.8) is 0 Å². The third kappa shape index (κ3) is 4.48. The van der Waals surface area contributed by atoms with Crippen LogP contribution in [0.4, 0.5) is 16.2 Å². The number of aromatic amines is 1. The minimum Gasteiger partial charge on any atom is -0.366 e. The van der Waals surface area contributed by atoms with Crippen LogP contribution in [0.25, 0.3) is 10.9 Å². The topological polar surface area (TPSA) is 73.1 Å². The zero-order valence-electron chi connectivity index (χ0n) is 19.8. The molecular weight excluding hydrogens is 434 g/mol. The number of hydrogen-bond donors (Lipinski definition) is 3. The lowest BCUT2D eigenvalue weighted by atomic mass is 9.96. The van der Waals surface area contributed by atoms with Gasteiger partial charge in [0, 0.05) is 29.7 Å². The Morgan fingerprint density at radius 1 is 0.943 bits per heavy atom. The van der Waals surface area contributed by atoms with Crippen LogP contribution in [-0.4, -0.2) is 28.3 Å². The summed E-state index contributed by atoms with van der Waals surface area (Å²) in [7, 11) is 0. The normalized spacial score (nSPS) is 19.1. The molecule has 0 aliphatic carbocycles. The van der Waals surface area contributed by atoms with Crippen molar-refractivity contribution in [3.05, 3.63) is 89.6 Å². The van der Waals surface area contributed by atoms with E-state index in [9.17, 15) is 4.79 Å². The fraction of sp³-hybridized carbons (Fsp3) is 0.310. The quantitative estimate of drug-likeness (QED) is 0.327. The molecule has 6 heteroatoms. The molecule has 2 amide bonds. The van der Waals surface area contributed by atoms with Gasteiger partial charge in [-0.2, -0.15) is 5.10 Å². The molecule has 2 aliphatic heterocycles. The summed E-state index contributed by atoms with van der Waals surface area (Å²) in [6, 6.07) is 24.3. The summed E-state index contributed by atoms with van der Waals surface area (Å²) in [5.74, 6) is 0. The van der Waals surface area contributed by atoms with Crippen molar-refractivity contribution in [3.8, 4) is 0 Å². The number of hydrogen-bond acceptors (Lipinski definition) is 3. The van der Waals surface area contributed by atoms with Gasteiger partial charge in [0.2, 0.25) is 0 Å². The number of carbonyl (C=O) groups excluding carboxylic acids is 1. The standard InChI is InChI=1S/C29H31N5O/c35-29(32-27-10-5-11-28-26(27)19-31-33-28)30-18-21-12-13-25(34-23-8-4-9-24(34)15-14-23)17-22(21)16-20-6-2-1-3-7-20/h1-3,5-7,10-13,17,19,23-24H,4,8-9,14-16,18H2,(H,31,33)(H2,30,32,35)/t23-,24+. The molecule has 0 unspecified atom stereocenters. The van der Waals surface area contributed by atoms with E-state index >= 15 is 0 Å². The second kappa shape index (κ2) is 9.45. The molecule has 2 atom stereocenters. The molecule has 2 bridgehead atoms. The molecule has 1 aromatic heterocycles. The van der Waals surface area contributed by atoms with Crippen LogP contribution in [0.3, 0.4) is 0 Å². The Morgan fingerprint density at radius 2 is 1.77 bits per heavy atom. The molecule has 2 fully saturated rings. The van der Waals surface area contributed by atoms with Crippen LogP contribution >= 0.6 is 0 Å². The minimum atomic E-state index is -0.220. The van der Waals surface area contributed by atoms with Gasteiger partial charge in [-0.05, 0) is 79.5 Å². The van der Waals surface area contributed by atoms with Gasteiger partial charge in [0.05, 0.1) is 17.4 Å². The first-order valence-corrected chi connectivity index (χ1v) is 12.7. The van der Waals surface area contributed by atoms with E-state index in [1.165, 1.54) is 48.9 Å². The number of fused-ring (bicyclic) bond motifs is 3. The predicted octanol–water partition coefficient (Wildman–Crippen LogP) is 6.00. The van der Waals surface area contributed by atoms with Crippen LogP contribution in [0.1, 0.15) is 48.8 Å². The maximum Gasteiger partial charge on any atom is 0.319 e. The molecule has 178 valence electrons. The molecule has 0 saturated carbocycles. The third-order valence-electron chi connectivity index (χ3n) is 7.59. The van der Waals surface area contributed by atoms with Crippen LogP contribution in [-0.2, 0) is 13.0 Å². The van der Waals surface area contributed by atoms with Crippen molar-refractivity contribution in [2.45, 2.75) is 57.2 Å². The molecule has 6 rings (SSSR count). The summed E-state index contributed by atoms with van der Waals surface area (Å²) in [5.41, 5.74) is 6.69. The number of nitrogens with zero attached hydrogens (tertiary/aromatic N) is 2. The highest BCUT2D eigenvalue weighted by Gasteiger charge is 2.36. The van der Waals surface area contributed by atoms with Crippen LogP contribution in [0, 0.1) is 0 Å². The molecule has 0 radical (unpaired) electrons. The molecular formula is C29H31N5O. The maximum absolute atomic E-state index is 12.8. The van der Waals surface area contributed by atoms with E-state index in [-0.39, 0.29) is 6.03 Å². The van der Waals surface area contributed by atoms with E-state index in [1.807, 2.05) is 18.2 Å². The molecule has 35 heavy (non-hydrogen) atoms. The number of nitrogens with one attached hydrogen (secondary N) is 3. The second-order valence-electron chi connectivity index (χ2n) is 9.78.